The van der Waals surface area contributed by atoms with Crippen LogP contribution in [0.5, 0.6) is 0 Å². The van der Waals surface area contributed by atoms with Gasteiger partial charge in [0.05, 0.1) is 4.75 Å². The second kappa shape index (κ2) is 1.52. The summed E-state index contributed by atoms with van der Waals surface area (Å²) in [5.41, 5.74) is -1.10. The molecule has 1 saturated heterocycles. The Hall–Kier alpha value is -0.0200. The summed E-state index contributed by atoms with van der Waals surface area (Å²) in [7, 11) is 0. The van der Waals surface area contributed by atoms with Crippen LogP contribution < -0.4 is 0 Å². The lowest BCUT2D eigenvalue weighted by Gasteiger charge is -2.46. The molecule has 1 heterocycles. The Bertz CT molecular complexity index is 160. The molecule has 1 aliphatic heterocycles. The Labute approximate surface area is 58.6 Å². The average molecular weight is 146 g/mol. The SMILES string of the molecule is CC1(C)SC(=O)C1(C)O. The van der Waals surface area contributed by atoms with Crippen LogP contribution in [0.3, 0.4) is 0 Å². The molecule has 2 nitrogen and oxygen atoms in total. The largest absolute Gasteiger partial charge is 0.380 e. The number of hydrogen-bond donors (Lipinski definition) is 1. The Morgan fingerprint density at radius 1 is 1.44 bits per heavy atom. The maximum absolute atomic E-state index is 10.7. The van der Waals surface area contributed by atoms with Gasteiger partial charge in [0.1, 0.15) is 5.60 Å². The van der Waals surface area contributed by atoms with Crippen LogP contribution in [0.1, 0.15) is 20.8 Å². The Balaban J connectivity index is 2.82. The summed E-state index contributed by atoms with van der Waals surface area (Å²) in [6, 6.07) is 0. The standard InChI is InChI=1S/C6H10O2S/c1-5(2)6(3,8)4(7)9-5/h8H,1-3H3. The molecule has 0 bridgehead atoms. The molecule has 1 aliphatic rings. The fourth-order valence-electron chi connectivity index (χ4n) is 0.630. The Kier molecular flexibility index (Phi) is 1.20. The number of rotatable bonds is 0. The van der Waals surface area contributed by atoms with Gasteiger partial charge < -0.3 is 5.11 Å². The van der Waals surface area contributed by atoms with E-state index in [4.69, 9.17) is 0 Å². The van der Waals surface area contributed by atoms with Gasteiger partial charge in [-0.2, -0.15) is 0 Å². The molecule has 1 rings (SSSR count). The van der Waals surface area contributed by atoms with Crippen molar-refractivity contribution in [3.8, 4) is 0 Å². The van der Waals surface area contributed by atoms with E-state index in [1.165, 1.54) is 11.8 Å². The molecule has 9 heavy (non-hydrogen) atoms. The lowest BCUT2D eigenvalue weighted by Crippen LogP contribution is -2.60. The van der Waals surface area contributed by atoms with Gasteiger partial charge in [-0.15, -0.1) is 0 Å². The van der Waals surface area contributed by atoms with Crippen LogP contribution in [-0.4, -0.2) is 20.6 Å². The molecular formula is C6H10O2S. The lowest BCUT2D eigenvalue weighted by atomic mass is 9.91. The highest BCUT2D eigenvalue weighted by molar-refractivity contribution is 8.17. The number of carbonyl (C=O) groups excluding carboxylic acids is 1. The number of aliphatic hydroxyl groups is 1. The summed E-state index contributed by atoms with van der Waals surface area (Å²) in [5, 5.41) is 9.22. The van der Waals surface area contributed by atoms with Gasteiger partial charge in [0.15, 0.2) is 0 Å². The van der Waals surface area contributed by atoms with Crippen LogP contribution in [0.15, 0.2) is 0 Å². The van der Waals surface area contributed by atoms with E-state index < -0.39 is 5.60 Å². The van der Waals surface area contributed by atoms with E-state index in [9.17, 15) is 9.90 Å². The maximum atomic E-state index is 10.7. The summed E-state index contributed by atoms with van der Waals surface area (Å²) < 4.78 is -0.288. The molecule has 0 amide bonds. The van der Waals surface area contributed by atoms with E-state index in [1.54, 1.807) is 6.92 Å². The van der Waals surface area contributed by atoms with Gasteiger partial charge in [-0.05, 0) is 20.8 Å². The van der Waals surface area contributed by atoms with Gasteiger partial charge in [-0.25, -0.2) is 0 Å². The van der Waals surface area contributed by atoms with Gasteiger partial charge in [-0.1, -0.05) is 11.8 Å². The van der Waals surface area contributed by atoms with Gasteiger partial charge in [0.25, 0.3) is 0 Å². The molecule has 52 valence electrons. The molecule has 0 radical (unpaired) electrons. The van der Waals surface area contributed by atoms with Crippen molar-refractivity contribution in [2.45, 2.75) is 31.1 Å². The molecule has 0 spiro atoms. The van der Waals surface area contributed by atoms with Crippen molar-refractivity contribution in [3.63, 3.8) is 0 Å². The van der Waals surface area contributed by atoms with Crippen molar-refractivity contribution in [3.05, 3.63) is 0 Å². The highest BCUT2D eigenvalue weighted by Crippen LogP contribution is 2.49. The molecule has 1 N–H and O–H groups in total. The molecule has 1 unspecified atom stereocenters. The molecule has 0 saturated carbocycles. The third-order valence-corrected chi connectivity index (χ3v) is 3.41. The van der Waals surface area contributed by atoms with E-state index in [0.29, 0.717) is 0 Å². The summed E-state index contributed by atoms with van der Waals surface area (Å²) in [6.07, 6.45) is 0. The summed E-state index contributed by atoms with van der Waals surface area (Å²) >= 11 is 1.20. The molecule has 1 atom stereocenters. The first-order valence-corrected chi connectivity index (χ1v) is 3.65. The first-order chi connectivity index (χ1) is 3.88. The van der Waals surface area contributed by atoms with Crippen molar-refractivity contribution < 1.29 is 9.90 Å². The van der Waals surface area contributed by atoms with E-state index in [1.807, 2.05) is 13.8 Å². The van der Waals surface area contributed by atoms with Crippen LogP contribution in [0, 0.1) is 0 Å². The van der Waals surface area contributed by atoms with Crippen LogP contribution in [0.2, 0.25) is 0 Å². The van der Waals surface area contributed by atoms with Crippen LogP contribution in [-0.2, 0) is 4.79 Å². The van der Waals surface area contributed by atoms with Crippen molar-refractivity contribution >= 4 is 16.9 Å². The normalized spacial score (nSPS) is 40.2. The molecule has 1 fully saturated rings. The smallest absolute Gasteiger partial charge is 0.222 e. The molecule has 0 aromatic rings. The minimum Gasteiger partial charge on any atom is -0.380 e. The van der Waals surface area contributed by atoms with Crippen LogP contribution in [0.4, 0.5) is 0 Å². The van der Waals surface area contributed by atoms with Gasteiger partial charge in [-0.3, -0.25) is 4.79 Å². The summed E-state index contributed by atoms with van der Waals surface area (Å²) in [4.78, 5) is 10.7. The maximum Gasteiger partial charge on any atom is 0.222 e. The zero-order chi connectivity index (χ0) is 7.28. The van der Waals surface area contributed by atoms with Gasteiger partial charge >= 0.3 is 0 Å². The van der Waals surface area contributed by atoms with E-state index in [2.05, 4.69) is 0 Å². The first kappa shape index (κ1) is 7.09. The van der Waals surface area contributed by atoms with Crippen molar-refractivity contribution in [1.29, 1.82) is 0 Å². The van der Waals surface area contributed by atoms with Crippen molar-refractivity contribution in [1.82, 2.24) is 0 Å². The summed E-state index contributed by atoms with van der Waals surface area (Å²) in [5.74, 6) is 0. The monoisotopic (exact) mass is 146 g/mol. The third kappa shape index (κ3) is 0.715. The zero-order valence-corrected chi connectivity index (χ0v) is 6.58. The van der Waals surface area contributed by atoms with Crippen molar-refractivity contribution in [2.24, 2.45) is 0 Å². The number of carbonyl (C=O) groups is 1. The summed E-state index contributed by atoms with van der Waals surface area (Å²) in [6.45, 7) is 5.28. The lowest BCUT2D eigenvalue weighted by molar-refractivity contribution is -0.132. The molecule has 3 heteroatoms. The molecule has 0 aliphatic carbocycles. The zero-order valence-electron chi connectivity index (χ0n) is 5.76. The molecular weight excluding hydrogens is 136 g/mol. The number of hydrogen-bond acceptors (Lipinski definition) is 3. The Morgan fingerprint density at radius 3 is 1.89 bits per heavy atom. The molecule has 0 aromatic carbocycles. The number of thioether (sulfide) groups is 1. The van der Waals surface area contributed by atoms with Crippen molar-refractivity contribution in [2.75, 3.05) is 0 Å². The van der Waals surface area contributed by atoms with E-state index in [0.717, 1.165) is 0 Å². The fraction of sp³-hybridized carbons (Fsp3) is 0.833. The second-order valence-corrected chi connectivity index (χ2v) is 4.57. The minimum atomic E-state index is -1.10. The van der Waals surface area contributed by atoms with E-state index >= 15 is 0 Å². The minimum absolute atomic E-state index is 0.118. The quantitative estimate of drug-likeness (QED) is 0.549. The topological polar surface area (TPSA) is 37.3 Å². The van der Waals surface area contributed by atoms with Crippen LogP contribution >= 0.6 is 11.8 Å². The fourth-order valence-corrected chi connectivity index (χ4v) is 1.69. The van der Waals surface area contributed by atoms with Gasteiger partial charge in [0.2, 0.25) is 5.12 Å². The Morgan fingerprint density at radius 2 is 1.89 bits per heavy atom. The van der Waals surface area contributed by atoms with E-state index in [-0.39, 0.29) is 9.86 Å². The first-order valence-electron chi connectivity index (χ1n) is 2.84. The predicted molar refractivity (Wildman–Crippen MR) is 37.3 cm³/mol. The predicted octanol–water partition coefficient (Wildman–Crippen LogP) is 0.789. The highest BCUT2D eigenvalue weighted by atomic mass is 32.2. The second-order valence-electron chi connectivity index (χ2n) is 2.97. The third-order valence-electron chi connectivity index (χ3n) is 1.92. The average Bonchev–Trinajstić information content (AvgIpc) is 1.65. The van der Waals surface area contributed by atoms with Gasteiger partial charge in [0, 0.05) is 0 Å². The van der Waals surface area contributed by atoms with Crippen LogP contribution in [0.25, 0.3) is 0 Å². The highest BCUT2D eigenvalue weighted by Gasteiger charge is 2.57. The molecule has 0 aromatic heterocycles.